The first-order valence-corrected chi connectivity index (χ1v) is 10.0. The number of aromatic hydroxyl groups is 1. The summed E-state index contributed by atoms with van der Waals surface area (Å²) < 4.78 is 5.80. The van der Waals surface area contributed by atoms with Crippen molar-refractivity contribution >= 4 is 28.6 Å². The number of para-hydroxylation sites is 1. The van der Waals surface area contributed by atoms with Gasteiger partial charge in [0.2, 0.25) is 11.8 Å². The molecule has 4 rings (SSSR count). The zero-order valence-corrected chi connectivity index (χ0v) is 17.3. The van der Waals surface area contributed by atoms with Crippen molar-refractivity contribution in [2.24, 2.45) is 0 Å². The number of amides is 2. The molecule has 1 aliphatic rings. The van der Waals surface area contributed by atoms with Crippen molar-refractivity contribution in [3.8, 4) is 5.75 Å². The first kappa shape index (κ1) is 19.9. The number of nitrogens with zero attached hydrogens (tertiary/aromatic N) is 2. The van der Waals surface area contributed by atoms with E-state index < -0.39 is 6.04 Å². The molecule has 1 atom stereocenters. The van der Waals surface area contributed by atoms with Crippen molar-refractivity contribution in [3.05, 3.63) is 53.9 Å². The molecule has 2 amide bonds. The van der Waals surface area contributed by atoms with Crippen LogP contribution in [0.2, 0.25) is 0 Å². The number of oxazole rings is 1. The highest BCUT2D eigenvalue weighted by Crippen LogP contribution is 2.28. The van der Waals surface area contributed by atoms with Gasteiger partial charge in [0, 0.05) is 17.6 Å². The number of rotatable bonds is 3. The zero-order valence-electron chi connectivity index (χ0n) is 17.3. The topological polar surface area (TPSA) is 95.7 Å². The third-order valence-corrected chi connectivity index (χ3v) is 5.25. The number of aromatic nitrogens is 1. The van der Waals surface area contributed by atoms with Crippen LogP contribution in [0.15, 0.2) is 46.9 Å². The molecular formula is C23H25N3O4. The molecule has 0 bridgehead atoms. The summed E-state index contributed by atoms with van der Waals surface area (Å²) in [5.74, 6) is -0.0430. The summed E-state index contributed by atoms with van der Waals surface area (Å²) >= 11 is 0. The Kier molecular flexibility index (Phi) is 4.97. The number of phenolic OH excluding ortho intramolecular Hbond substituents is 1. The standard InChI is InChI=1S/C23H25N3O4/c1-23(2,3)22-25-16-13-14(10-11-19(16)30-22)24-20(28)17-8-6-12-26(17)21(29)15-7-4-5-9-18(15)27/h4-5,7,9-11,13,17,27H,6,8,12H2,1-3H3,(H,24,28)/t17-/m1/s1. The van der Waals surface area contributed by atoms with E-state index in [1.807, 2.05) is 20.8 Å². The molecule has 1 aliphatic heterocycles. The van der Waals surface area contributed by atoms with E-state index in [0.717, 1.165) is 6.42 Å². The van der Waals surface area contributed by atoms with E-state index in [4.69, 9.17) is 4.42 Å². The van der Waals surface area contributed by atoms with Gasteiger partial charge in [0.25, 0.3) is 5.91 Å². The fourth-order valence-corrected chi connectivity index (χ4v) is 3.64. The largest absolute Gasteiger partial charge is 0.507 e. The maximum absolute atomic E-state index is 12.9. The van der Waals surface area contributed by atoms with E-state index in [2.05, 4.69) is 10.3 Å². The van der Waals surface area contributed by atoms with Gasteiger partial charge in [-0.25, -0.2) is 4.98 Å². The van der Waals surface area contributed by atoms with Crippen LogP contribution < -0.4 is 5.32 Å². The van der Waals surface area contributed by atoms with E-state index in [-0.39, 0.29) is 28.5 Å². The van der Waals surface area contributed by atoms with Gasteiger partial charge in [-0.05, 0) is 43.2 Å². The smallest absolute Gasteiger partial charge is 0.258 e. The molecule has 1 saturated heterocycles. The van der Waals surface area contributed by atoms with Crippen molar-refractivity contribution < 1.29 is 19.1 Å². The molecule has 2 heterocycles. The van der Waals surface area contributed by atoms with Crippen LogP contribution in [0.4, 0.5) is 5.69 Å². The lowest BCUT2D eigenvalue weighted by atomic mass is 9.97. The SMILES string of the molecule is CC(C)(C)c1nc2cc(NC(=O)[C@H]3CCCN3C(=O)c3ccccc3O)ccc2o1. The second kappa shape index (κ2) is 7.48. The molecule has 0 radical (unpaired) electrons. The summed E-state index contributed by atoms with van der Waals surface area (Å²) in [7, 11) is 0. The molecule has 0 spiro atoms. The Bertz CT molecular complexity index is 1110. The molecule has 7 heteroatoms. The molecule has 1 fully saturated rings. The molecule has 0 unspecified atom stereocenters. The average Bonchev–Trinajstić information content (AvgIpc) is 3.34. The third kappa shape index (κ3) is 3.75. The van der Waals surface area contributed by atoms with E-state index >= 15 is 0 Å². The normalized spacial score (nSPS) is 16.8. The quantitative estimate of drug-likeness (QED) is 0.682. The first-order valence-electron chi connectivity index (χ1n) is 10.0. The number of hydrogen-bond donors (Lipinski definition) is 2. The fourth-order valence-electron chi connectivity index (χ4n) is 3.64. The number of anilines is 1. The minimum atomic E-state index is -0.588. The Balaban J connectivity index is 1.53. The lowest BCUT2D eigenvalue weighted by molar-refractivity contribution is -0.119. The number of carbonyl (C=O) groups excluding carboxylic acids is 2. The van der Waals surface area contributed by atoms with Crippen LogP contribution in [0.3, 0.4) is 0 Å². The van der Waals surface area contributed by atoms with Crippen LogP contribution in [0.1, 0.15) is 49.9 Å². The minimum Gasteiger partial charge on any atom is -0.507 e. The van der Waals surface area contributed by atoms with Gasteiger partial charge in [0.15, 0.2) is 5.58 Å². The predicted octanol–water partition coefficient (Wildman–Crippen LogP) is 4.07. The number of nitrogens with one attached hydrogen (secondary N) is 1. The Morgan fingerprint density at radius 3 is 2.70 bits per heavy atom. The second-order valence-corrected chi connectivity index (χ2v) is 8.61. The minimum absolute atomic E-state index is 0.0836. The van der Waals surface area contributed by atoms with Crippen LogP contribution in [0.25, 0.3) is 11.1 Å². The van der Waals surface area contributed by atoms with Gasteiger partial charge in [-0.1, -0.05) is 32.9 Å². The van der Waals surface area contributed by atoms with Crippen molar-refractivity contribution in [1.29, 1.82) is 0 Å². The Labute approximate surface area is 174 Å². The molecule has 0 saturated carbocycles. The van der Waals surface area contributed by atoms with E-state index in [0.29, 0.717) is 35.6 Å². The number of fused-ring (bicyclic) bond motifs is 1. The summed E-state index contributed by atoms with van der Waals surface area (Å²) in [6.45, 7) is 6.55. The zero-order chi connectivity index (χ0) is 21.5. The Hall–Kier alpha value is -3.35. The summed E-state index contributed by atoms with van der Waals surface area (Å²) in [6.07, 6.45) is 1.31. The fraction of sp³-hybridized carbons (Fsp3) is 0.348. The highest BCUT2D eigenvalue weighted by Gasteiger charge is 2.35. The summed E-state index contributed by atoms with van der Waals surface area (Å²) in [5.41, 5.74) is 1.93. The van der Waals surface area contributed by atoms with Gasteiger partial charge in [0.05, 0.1) is 5.56 Å². The van der Waals surface area contributed by atoms with Crippen molar-refractivity contribution in [2.75, 3.05) is 11.9 Å². The summed E-state index contributed by atoms with van der Waals surface area (Å²) in [6, 6.07) is 11.1. The van der Waals surface area contributed by atoms with E-state index in [1.165, 1.54) is 11.0 Å². The van der Waals surface area contributed by atoms with Crippen molar-refractivity contribution in [1.82, 2.24) is 9.88 Å². The highest BCUT2D eigenvalue weighted by atomic mass is 16.3. The molecule has 3 aromatic rings. The molecular weight excluding hydrogens is 382 g/mol. The van der Waals surface area contributed by atoms with Crippen molar-refractivity contribution in [2.45, 2.75) is 45.1 Å². The maximum atomic E-state index is 12.9. The van der Waals surface area contributed by atoms with E-state index in [1.54, 1.807) is 36.4 Å². The van der Waals surface area contributed by atoms with Gasteiger partial charge in [-0.15, -0.1) is 0 Å². The predicted molar refractivity (Wildman–Crippen MR) is 114 cm³/mol. The highest BCUT2D eigenvalue weighted by molar-refractivity contribution is 6.03. The number of hydrogen-bond acceptors (Lipinski definition) is 5. The van der Waals surface area contributed by atoms with Crippen LogP contribution in [-0.2, 0) is 10.2 Å². The van der Waals surface area contributed by atoms with E-state index in [9.17, 15) is 14.7 Å². The number of benzene rings is 2. The van der Waals surface area contributed by atoms with Crippen molar-refractivity contribution in [3.63, 3.8) is 0 Å². The number of phenols is 1. The third-order valence-electron chi connectivity index (χ3n) is 5.25. The lowest BCUT2D eigenvalue weighted by Crippen LogP contribution is -2.43. The monoisotopic (exact) mass is 407 g/mol. The maximum Gasteiger partial charge on any atom is 0.258 e. The lowest BCUT2D eigenvalue weighted by Gasteiger charge is -2.24. The Morgan fingerprint density at radius 2 is 1.97 bits per heavy atom. The molecule has 1 aromatic heterocycles. The van der Waals surface area contributed by atoms with Gasteiger partial charge >= 0.3 is 0 Å². The number of likely N-dealkylation sites (tertiary alicyclic amines) is 1. The first-order chi connectivity index (χ1) is 14.2. The second-order valence-electron chi connectivity index (χ2n) is 8.61. The molecule has 156 valence electrons. The van der Waals surface area contributed by atoms with Crippen LogP contribution in [0.5, 0.6) is 5.75 Å². The van der Waals surface area contributed by atoms with Crippen LogP contribution in [-0.4, -0.2) is 39.4 Å². The molecule has 0 aliphatic carbocycles. The van der Waals surface area contributed by atoms with Crippen LogP contribution >= 0.6 is 0 Å². The van der Waals surface area contributed by atoms with Gasteiger partial charge in [-0.2, -0.15) is 0 Å². The van der Waals surface area contributed by atoms with Gasteiger partial charge in [-0.3, -0.25) is 9.59 Å². The van der Waals surface area contributed by atoms with Gasteiger partial charge in [0.1, 0.15) is 17.3 Å². The molecule has 7 nitrogen and oxygen atoms in total. The summed E-state index contributed by atoms with van der Waals surface area (Å²) in [5, 5.41) is 12.9. The summed E-state index contributed by atoms with van der Waals surface area (Å²) in [4.78, 5) is 31.9. The van der Waals surface area contributed by atoms with Crippen LogP contribution in [0, 0.1) is 0 Å². The molecule has 2 aromatic carbocycles. The Morgan fingerprint density at radius 1 is 1.20 bits per heavy atom. The molecule has 2 N–H and O–H groups in total. The van der Waals surface area contributed by atoms with Gasteiger partial charge < -0.3 is 19.7 Å². The molecule has 30 heavy (non-hydrogen) atoms. The number of carbonyl (C=O) groups is 2. The average molecular weight is 407 g/mol.